The zero-order chi connectivity index (χ0) is 18.7. The minimum Gasteiger partial charge on any atom is -0.381 e. The summed E-state index contributed by atoms with van der Waals surface area (Å²) in [6.45, 7) is 6.12. The number of aromatic nitrogens is 2. The summed E-state index contributed by atoms with van der Waals surface area (Å²) >= 11 is 0. The number of benzene rings is 2. The van der Waals surface area contributed by atoms with Crippen molar-refractivity contribution in [2.24, 2.45) is 0 Å². The molecule has 0 aliphatic heterocycles. The second-order valence-electron chi connectivity index (χ2n) is 6.29. The Kier molecular flexibility index (Phi) is 4.99. The number of sulfonamides is 1. The number of H-pyrrole nitrogens is 1. The van der Waals surface area contributed by atoms with Crippen LogP contribution >= 0.6 is 0 Å². The molecule has 26 heavy (non-hydrogen) atoms. The lowest BCUT2D eigenvalue weighted by Crippen LogP contribution is -2.14. The van der Waals surface area contributed by atoms with Crippen molar-refractivity contribution in [1.82, 2.24) is 10.2 Å². The molecule has 3 N–H and O–H groups in total. The van der Waals surface area contributed by atoms with Crippen LogP contribution in [0.3, 0.4) is 0 Å². The van der Waals surface area contributed by atoms with Crippen molar-refractivity contribution in [2.75, 3.05) is 10.0 Å². The number of nitrogens with one attached hydrogen (secondary N) is 3. The van der Waals surface area contributed by atoms with Gasteiger partial charge in [-0.25, -0.2) is 8.42 Å². The van der Waals surface area contributed by atoms with Crippen LogP contribution in [-0.2, 0) is 16.6 Å². The Balaban J connectivity index is 1.68. The fourth-order valence-electron chi connectivity index (χ4n) is 2.83. The molecule has 3 rings (SSSR count). The van der Waals surface area contributed by atoms with Gasteiger partial charge in [-0.15, -0.1) is 0 Å². The Morgan fingerprint density at radius 1 is 1.00 bits per heavy atom. The lowest BCUT2D eigenvalue weighted by atomic mass is 10.1. The molecule has 0 spiro atoms. The van der Waals surface area contributed by atoms with E-state index >= 15 is 0 Å². The Morgan fingerprint density at radius 3 is 2.31 bits per heavy atom. The van der Waals surface area contributed by atoms with Gasteiger partial charge >= 0.3 is 0 Å². The number of rotatable bonds is 6. The van der Waals surface area contributed by atoms with Gasteiger partial charge in [0.15, 0.2) is 0 Å². The van der Waals surface area contributed by atoms with Gasteiger partial charge in [0.2, 0.25) is 0 Å². The van der Waals surface area contributed by atoms with E-state index in [9.17, 15) is 8.42 Å². The summed E-state index contributed by atoms with van der Waals surface area (Å²) in [5.74, 6) is 0. The summed E-state index contributed by atoms with van der Waals surface area (Å²) in [5, 5.41) is 9.97. The van der Waals surface area contributed by atoms with Crippen LogP contribution in [0.15, 0.2) is 53.4 Å². The highest BCUT2D eigenvalue weighted by Crippen LogP contribution is 2.22. The van der Waals surface area contributed by atoms with Crippen LogP contribution < -0.4 is 10.0 Å². The Bertz CT molecular complexity index is 989. The van der Waals surface area contributed by atoms with Crippen molar-refractivity contribution in [3.63, 3.8) is 0 Å². The van der Waals surface area contributed by atoms with Gasteiger partial charge in [-0.2, -0.15) is 5.10 Å². The van der Waals surface area contributed by atoms with Crippen molar-refractivity contribution in [3.8, 4) is 0 Å². The SMILES string of the molecule is Cc1cccc(CNc2ccc(NS(=O)(=O)c3c(C)n[nH]c3C)cc2)c1. The van der Waals surface area contributed by atoms with Crippen molar-refractivity contribution in [2.45, 2.75) is 32.2 Å². The Labute approximate surface area is 153 Å². The fraction of sp³-hybridized carbons (Fsp3) is 0.211. The number of nitrogens with zero attached hydrogens (tertiary/aromatic N) is 1. The third kappa shape index (κ3) is 4.05. The summed E-state index contributed by atoms with van der Waals surface area (Å²) in [6.07, 6.45) is 0. The minimum absolute atomic E-state index is 0.194. The average molecular weight is 370 g/mol. The molecule has 0 aliphatic rings. The summed E-state index contributed by atoms with van der Waals surface area (Å²) in [7, 11) is -3.67. The number of anilines is 2. The molecule has 0 saturated heterocycles. The van der Waals surface area contributed by atoms with E-state index in [1.54, 1.807) is 26.0 Å². The molecule has 0 amide bonds. The molecule has 0 radical (unpaired) electrons. The van der Waals surface area contributed by atoms with Gasteiger partial charge in [0.05, 0.1) is 11.4 Å². The van der Waals surface area contributed by atoms with Crippen LogP contribution in [0.2, 0.25) is 0 Å². The van der Waals surface area contributed by atoms with Crippen LogP contribution in [0.5, 0.6) is 0 Å². The van der Waals surface area contributed by atoms with Gasteiger partial charge < -0.3 is 5.32 Å². The van der Waals surface area contributed by atoms with E-state index in [2.05, 4.69) is 45.4 Å². The lowest BCUT2D eigenvalue weighted by molar-refractivity contribution is 0.600. The number of aromatic amines is 1. The molecule has 0 fully saturated rings. The van der Waals surface area contributed by atoms with E-state index in [1.807, 2.05) is 18.2 Å². The maximum absolute atomic E-state index is 12.5. The van der Waals surface area contributed by atoms with Crippen molar-refractivity contribution < 1.29 is 8.42 Å². The van der Waals surface area contributed by atoms with Gasteiger partial charge in [-0.05, 0) is 50.6 Å². The van der Waals surface area contributed by atoms with Crippen LogP contribution in [0.25, 0.3) is 0 Å². The van der Waals surface area contributed by atoms with Gasteiger partial charge in [-0.3, -0.25) is 9.82 Å². The molecule has 0 aliphatic carbocycles. The monoisotopic (exact) mass is 370 g/mol. The lowest BCUT2D eigenvalue weighted by Gasteiger charge is -2.10. The predicted molar refractivity (Wildman–Crippen MR) is 104 cm³/mol. The number of aryl methyl sites for hydroxylation is 3. The second kappa shape index (κ2) is 7.21. The maximum Gasteiger partial charge on any atom is 0.265 e. The van der Waals surface area contributed by atoms with E-state index in [-0.39, 0.29) is 4.90 Å². The highest BCUT2D eigenvalue weighted by molar-refractivity contribution is 7.92. The molecule has 0 unspecified atom stereocenters. The molecule has 1 heterocycles. The van der Waals surface area contributed by atoms with Crippen LogP contribution in [0.1, 0.15) is 22.5 Å². The summed E-state index contributed by atoms with van der Waals surface area (Å²) < 4.78 is 27.7. The molecule has 2 aromatic carbocycles. The van der Waals surface area contributed by atoms with Gasteiger partial charge in [0, 0.05) is 17.9 Å². The third-order valence-corrected chi connectivity index (χ3v) is 5.69. The molecule has 3 aromatic rings. The van der Waals surface area contributed by atoms with E-state index in [1.165, 1.54) is 11.1 Å². The van der Waals surface area contributed by atoms with Crippen molar-refractivity contribution in [3.05, 3.63) is 71.0 Å². The topological polar surface area (TPSA) is 86.9 Å². The van der Waals surface area contributed by atoms with E-state index in [0.717, 1.165) is 5.69 Å². The first-order chi connectivity index (χ1) is 12.3. The highest BCUT2D eigenvalue weighted by Gasteiger charge is 2.22. The molecule has 1 aromatic heterocycles. The van der Waals surface area contributed by atoms with Crippen molar-refractivity contribution >= 4 is 21.4 Å². The van der Waals surface area contributed by atoms with E-state index in [0.29, 0.717) is 23.6 Å². The zero-order valence-corrected chi connectivity index (χ0v) is 15.8. The fourth-order valence-corrected chi connectivity index (χ4v) is 4.26. The largest absolute Gasteiger partial charge is 0.381 e. The summed E-state index contributed by atoms with van der Waals surface area (Å²) in [4.78, 5) is 0.194. The van der Waals surface area contributed by atoms with Gasteiger partial charge in [0.25, 0.3) is 10.0 Å². The molecule has 0 atom stereocenters. The first kappa shape index (κ1) is 18.0. The smallest absolute Gasteiger partial charge is 0.265 e. The molecule has 136 valence electrons. The van der Waals surface area contributed by atoms with Crippen LogP contribution in [-0.4, -0.2) is 18.6 Å². The normalized spacial score (nSPS) is 11.3. The summed E-state index contributed by atoms with van der Waals surface area (Å²) in [6, 6.07) is 15.5. The zero-order valence-electron chi connectivity index (χ0n) is 15.0. The molecule has 0 saturated carbocycles. The average Bonchev–Trinajstić information content (AvgIpc) is 2.93. The quantitative estimate of drug-likeness (QED) is 0.617. The third-order valence-electron chi connectivity index (χ3n) is 4.05. The first-order valence-corrected chi connectivity index (χ1v) is 9.77. The van der Waals surface area contributed by atoms with Gasteiger partial charge in [-0.1, -0.05) is 29.8 Å². The van der Waals surface area contributed by atoms with Crippen LogP contribution in [0, 0.1) is 20.8 Å². The Hall–Kier alpha value is -2.80. The second-order valence-corrected chi connectivity index (χ2v) is 7.91. The maximum atomic E-state index is 12.5. The highest BCUT2D eigenvalue weighted by atomic mass is 32.2. The number of hydrogen-bond donors (Lipinski definition) is 3. The van der Waals surface area contributed by atoms with Crippen molar-refractivity contribution in [1.29, 1.82) is 0 Å². The van der Waals surface area contributed by atoms with E-state index in [4.69, 9.17) is 0 Å². The molecule has 6 nitrogen and oxygen atoms in total. The molecular weight excluding hydrogens is 348 g/mol. The predicted octanol–water partition coefficient (Wildman–Crippen LogP) is 3.75. The molecule has 7 heteroatoms. The van der Waals surface area contributed by atoms with Crippen LogP contribution in [0.4, 0.5) is 11.4 Å². The first-order valence-electron chi connectivity index (χ1n) is 8.29. The van der Waals surface area contributed by atoms with Gasteiger partial charge in [0.1, 0.15) is 4.90 Å². The molecule has 0 bridgehead atoms. The standard InChI is InChI=1S/C19H22N4O2S/c1-13-5-4-6-16(11-13)12-20-17-7-9-18(10-8-17)23-26(24,25)19-14(2)21-22-15(19)3/h4-11,20,23H,12H2,1-3H3,(H,21,22). The minimum atomic E-state index is -3.67. The summed E-state index contributed by atoms with van der Waals surface area (Å²) in [5.41, 5.74) is 4.81. The molecular formula is C19H22N4O2S. The number of hydrogen-bond acceptors (Lipinski definition) is 4. The Morgan fingerprint density at radius 2 is 1.69 bits per heavy atom. The van der Waals surface area contributed by atoms with E-state index < -0.39 is 10.0 Å².